The van der Waals surface area contributed by atoms with E-state index in [2.05, 4.69) is 51.9 Å². The summed E-state index contributed by atoms with van der Waals surface area (Å²) in [4.78, 5) is 40.1. The van der Waals surface area contributed by atoms with Crippen molar-refractivity contribution in [2.24, 2.45) is 0 Å². The van der Waals surface area contributed by atoms with Crippen molar-refractivity contribution in [2.75, 3.05) is 19.7 Å². The van der Waals surface area contributed by atoms with E-state index in [4.69, 9.17) is 4.74 Å². The highest BCUT2D eigenvalue weighted by Crippen LogP contribution is 2.44. The number of amides is 2. The van der Waals surface area contributed by atoms with Crippen LogP contribution in [0.25, 0.3) is 11.1 Å². The molecule has 8 nitrogen and oxygen atoms in total. The Morgan fingerprint density at radius 1 is 0.905 bits per heavy atom. The summed E-state index contributed by atoms with van der Waals surface area (Å²) in [6.45, 7) is 5.75. The molecule has 0 bridgehead atoms. The monoisotopic (exact) mass is 569 g/mol. The van der Waals surface area contributed by atoms with Gasteiger partial charge in [0.15, 0.2) is 0 Å². The minimum Gasteiger partial charge on any atom is -0.481 e. The van der Waals surface area contributed by atoms with Crippen molar-refractivity contribution in [3.05, 3.63) is 95.6 Å². The minimum atomic E-state index is -0.985. The molecule has 2 amide bonds. The minimum absolute atomic E-state index is 0.0411. The van der Waals surface area contributed by atoms with Gasteiger partial charge in [0.2, 0.25) is 5.91 Å². The molecule has 0 aromatic heterocycles. The fraction of sp³-hybridized carbons (Fsp3) is 0.382. The van der Waals surface area contributed by atoms with Crippen molar-refractivity contribution in [3.63, 3.8) is 0 Å². The van der Waals surface area contributed by atoms with Crippen molar-refractivity contribution >= 4 is 18.0 Å². The molecule has 1 saturated heterocycles. The van der Waals surface area contributed by atoms with Crippen LogP contribution in [-0.4, -0.2) is 58.8 Å². The molecule has 1 heterocycles. The van der Waals surface area contributed by atoms with E-state index in [9.17, 15) is 19.5 Å². The Kier molecular flexibility index (Phi) is 8.64. The second-order valence-electron chi connectivity index (χ2n) is 12.2. The number of piperidine rings is 1. The largest absolute Gasteiger partial charge is 0.481 e. The number of likely N-dealkylation sites (tertiary alicyclic amines) is 1. The number of alkyl carbamates (subject to hydrolysis) is 1. The van der Waals surface area contributed by atoms with Gasteiger partial charge in [0.1, 0.15) is 6.61 Å². The lowest BCUT2D eigenvalue weighted by atomic mass is 9.83. The summed E-state index contributed by atoms with van der Waals surface area (Å²) >= 11 is 0. The molecule has 0 unspecified atom stereocenters. The number of hydrogen-bond acceptors (Lipinski definition) is 5. The predicted molar refractivity (Wildman–Crippen MR) is 161 cm³/mol. The third kappa shape index (κ3) is 6.99. The molecule has 42 heavy (non-hydrogen) atoms. The zero-order chi connectivity index (χ0) is 29.7. The first-order chi connectivity index (χ1) is 20.1. The third-order valence-corrected chi connectivity index (χ3v) is 8.34. The molecule has 0 saturated carbocycles. The number of hydrogen-bond donors (Lipinski definition) is 3. The van der Waals surface area contributed by atoms with Crippen LogP contribution >= 0.6 is 0 Å². The van der Waals surface area contributed by atoms with Crippen LogP contribution in [0.2, 0.25) is 0 Å². The van der Waals surface area contributed by atoms with Gasteiger partial charge >= 0.3 is 12.1 Å². The molecule has 3 aromatic rings. The zero-order valence-electron chi connectivity index (χ0n) is 24.3. The van der Waals surface area contributed by atoms with Gasteiger partial charge in [-0.2, -0.15) is 0 Å². The molecule has 1 aliphatic carbocycles. The van der Waals surface area contributed by atoms with Crippen LogP contribution < -0.4 is 10.6 Å². The Labute approximate surface area is 247 Å². The molecule has 1 fully saturated rings. The SMILES string of the molecule is CC(C)(CC(=O)O)NC(=O)CC1(NC(=O)OCC2c3ccccc3-c3ccccc32)CCN(Cc2ccccc2)CC1. The Balaban J connectivity index is 1.27. The average molecular weight is 570 g/mol. The first-order valence-corrected chi connectivity index (χ1v) is 14.6. The lowest BCUT2D eigenvalue weighted by Crippen LogP contribution is -2.58. The number of rotatable bonds is 10. The summed E-state index contributed by atoms with van der Waals surface area (Å²) in [6, 6.07) is 26.6. The van der Waals surface area contributed by atoms with Crippen LogP contribution in [0.4, 0.5) is 4.79 Å². The maximum Gasteiger partial charge on any atom is 0.407 e. The molecule has 220 valence electrons. The molecule has 0 radical (unpaired) electrons. The van der Waals surface area contributed by atoms with Crippen molar-refractivity contribution in [1.82, 2.24) is 15.5 Å². The second-order valence-corrected chi connectivity index (χ2v) is 12.2. The van der Waals surface area contributed by atoms with Crippen LogP contribution in [0.1, 0.15) is 62.1 Å². The molecule has 0 atom stereocenters. The number of carbonyl (C=O) groups is 3. The number of nitrogens with zero attached hydrogens (tertiary/aromatic N) is 1. The third-order valence-electron chi connectivity index (χ3n) is 8.34. The van der Waals surface area contributed by atoms with Crippen LogP contribution in [0, 0.1) is 0 Å². The lowest BCUT2D eigenvalue weighted by molar-refractivity contribution is -0.138. The molecular formula is C34H39N3O5. The van der Waals surface area contributed by atoms with Crippen molar-refractivity contribution < 1.29 is 24.2 Å². The lowest BCUT2D eigenvalue weighted by Gasteiger charge is -2.42. The van der Waals surface area contributed by atoms with E-state index in [0.717, 1.165) is 28.8 Å². The Morgan fingerprint density at radius 3 is 2.07 bits per heavy atom. The van der Waals surface area contributed by atoms with E-state index < -0.39 is 23.1 Å². The van der Waals surface area contributed by atoms with E-state index in [1.54, 1.807) is 13.8 Å². The molecule has 1 aliphatic heterocycles. The number of carboxylic acid groups (broad SMARTS) is 1. The average Bonchev–Trinajstić information content (AvgIpc) is 3.26. The fourth-order valence-electron chi connectivity index (χ4n) is 6.33. The van der Waals surface area contributed by atoms with Gasteiger partial charge in [-0.1, -0.05) is 78.9 Å². The molecule has 8 heteroatoms. The first-order valence-electron chi connectivity index (χ1n) is 14.6. The maximum absolute atomic E-state index is 13.3. The van der Waals surface area contributed by atoms with Crippen LogP contribution in [0.3, 0.4) is 0 Å². The number of aliphatic carboxylic acids is 1. The van der Waals surface area contributed by atoms with Gasteiger partial charge in [0.25, 0.3) is 0 Å². The van der Waals surface area contributed by atoms with Crippen LogP contribution in [0.15, 0.2) is 78.9 Å². The summed E-state index contributed by atoms with van der Waals surface area (Å²) in [5.74, 6) is -1.34. The number of fused-ring (bicyclic) bond motifs is 3. The summed E-state index contributed by atoms with van der Waals surface area (Å²) in [5.41, 5.74) is 4.07. The Hall–Kier alpha value is -4.17. The van der Waals surface area contributed by atoms with Gasteiger partial charge < -0.3 is 20.5 Å². The first kappa shape index (κ1) is 29.3. The standard InChI is InChI=1S/C34H39N3O5/c1-33(2,21-31(39)40)35-30(38)20-34(16-18-37(19-17-34)22-24-10-4-3-5-11-24)36-32(41)42-23-29-27-14-8-6-12-25(27)26-13-7-9-15-28(26)29/h3-15,29H,16-23H2,1-2H3,(H,35,38)(H,36,41)(H,39,40). The number of nitrogens with one attached hydrogen (secondary N) is 2. The fourth-order valence-corrected chi connectivity index (χ4v) is 6.33. The highest BCUT2D eigenvalue weighted by molar-refractivity contribution is 5.81. The molecule has 3 aromatic carbocycles. The summed E-state index contributed by atoms with van der Waals surface area (Å²) < 4.78 is 5.85. The second kappa shape index (κ2) is 12.4. The van der Waals surface area contributed by atoms with Gasteiger partial charge in [-0.25, -0.2) is 4.79 Å². The maximum atomic E-state index is 13.3. The number of ether oxygens (including phenoxy) is 1. The highest BCUT2D eigenvalue weighted by atomic mass is 16.5. The Morgan fingerprint density at radius 2 is 1.48 bits per heavy atom. The van der Waals surface area contributed by atoms with E-state index in [-0.39, 0.29) is 31.3 Å². The quantitative estimate of drug-likeness (QED) is 0.305. The smallest absolute Gasteiger partial charge is 0.407 e. The van der Waals surface area contributed by atoms with Crippen molar-refractivity contribution in [1.29, 1.82) is 0 Å². The highest BCUT2D eigenvalue weighted by Gasteiger charge is 2.40. The van der Waals surface area contributed by atoms with Gasteiger partial charge in [-0.3, -0.25) is 14.5 Å². The Bertz CT molecular complexity index is 1380. The van der Waals surface area contributed by atoms with E-state index in [0.29, 0.717) is 25.9 Å². The topological polar surface area (TPSA) is 108 Å². The number of benzene rings is 3. The zero-order valence-corrected chi connectivity index (χ0v) is 24.3. The summed E-state index contributed by atoms with van der Waals surface area (Å²) in [7, 11) is 0. The molecule has 3 N–H and O–H groups in total. The van der Waals surface area contributed by atoms with Gasteiger partial charge in [0.05, 0.1) is 12.0 Å². The van der Waals surface area contributed by atoms with Crippen molar-refractivity contribution in [3.8, 4) is 11.1 Å². The van der Waals surface area contributed by atoms with Gasteiger partial charge in [-0.05, 0) is 54.5 Å². The molecule has 2 aliphatic rings. The molecular weight excluding hydrogens is 530 g/mol. The normalized spacial score (nSPS) is 16.2. The van der Waals surface area contributed by atoms with E-state index in [1.165, 1.54) is 5.56 Å². The van der Waals surface area contributed by atoms with Crippen LogP contribution in [0.5, 0.6) is 0 Å². The number of carbonyl (C=O) groups excluding carboxylic acids is 2. The summed E-state index contributed by atoms with van der Waals surface area (Å²) in [6.07, 6.45) is 0.426. The van der Waals surface area contributed by atoms with E-state index >= 15 is 0 Å². The summed E-state index contributed by atoms with van der Waals surface area (Å²) in [5, 5.41) is 15.2. The van der Waals surface area contributed by atoms with Crippen LogP contribution in [-0.2, 0) is 20.9 Å². The van der Waals surface area contributed by atoms with E-state index in [1.807, 2.05) is 42.5 Å². The predicted octanol–water partition coefficient (Wildman–Crippen LogP) is 5.32. The van der Waals surface area contributed by atoms with Gasteiger partial charge in [-0.15, -0.1) is 0 Å². The molecule has 0 spiro atoms. The number of carboxylic acids is 1. The van der Waals surface area contributed by atoms with Gasteiger partial charge in [0, 0.05) is 37.5 Å². The van der Waals surface area contributed by atoms with Crippen molar-refractivity contribution in [2.45, 2.75) is 63.1 Å². The molecule has 5 rings (SSSR count).